The number of carbonyl (C=O) groups excluding carboxylic acids is 1. The molecule has 116 valence electrons. The van der Waals surface area contributed by atoms with Crippen molar-refractivity contribution in [2.45, 2.75) is 32.7 Å². The second-order valence-corrected chi connectivity index (χ2v) is 5.32. The third-order valence-corrected chi connectivity index (χ3v) is 3.67. The van der Waals surface area contributed by atoms with Crippen molar-refractivity contribution in [1.82, 2.24) is 5.32 Å². The zero-order valence-corrected chi connectivity index (χ0v) is 13.1. The Labute approximate surface area is 129 Å². The normalized spacial score (nSPS) is 13.3. The van der Waals surface area contributed by atoms with Gasteiger partial charge in [0, 0.05) is 0 Å². The molecule has 0 radical (unpaired) electrons. The van der Waals surface area contributed by atoms with Gasteiger partial charge in [-0.1, -0.05) is 37.9 Å². The summed E-state index contributed by atoms with van der Waals surface area (Å²) in [6.45, 7) is 3.68. The number of nitrogens with one attached hydrogen (secondary N) is 1. The summed E-state index contributed by atoms with van der Waals surface area (Å²) in [7, 11) is 1.51. The number of halogens is 1. The van der Waals surface area contributed by atoms with Crippen molar-refractivity contribution in [3.8, 4) is 5.75 Å². The monoisotopic (exact) mass is 313 g/mol. The van der Waals surface area contributed by atoms with Gasteiger partial charge in [0.2, 0.25) is 5.91 Å². The van der Waals surface area contributed by atoms with Gasteiger partial charge >= 0.3 is 5.97 Å². The number of ether oxygens (including phenoxy) is 1. The van der Waals surface area contributed by atoms with Gasteiger partial charge in [-0.05, 0) is 23.6 Å². The maximum Gasteiger partial charge on any atom is 0.326 e. The first-order valence-electron chi connectivity index (χ1n) is 6.73. The largest absolute Gasteiger partial charge is 0.495 e. The molecule has 0 saturated heterocycles. The smallest absolute Gasteiger partial charge is 0.326 e. The number of aliphatic carboxylic acids is 1. The maximum absolute atomic E-state index is 12.0. The van der Waals surface area contributed by atoms with Gasteiger partial charge in [-0.15, -0.1) is 0 Å². The third-order valence-electron chi connectivity index (χ3n) is 3.38. The second-order valence-electron chi connectivity index (χ2n) is 4.91. The molecule has 0 aliphatic heterocycles. The van der Waals surface area contributed by atoms with Crippen LogP contribution in [0.2, 0.25) is 5.02 Å². The first-order valence-corrected chi connectivity index (χ1v) is 7.11. The average Bonchev–Trinajstić information content (AvgIpc) is 2.44. The fourth-order valence-corrected chi connectivity index (χ4v) is 2.19. The number of rotatable bonds is 7. The molecule has 0 saturated carbocycles. The Kier molecular flexibility index (Phi) is 6.49. The molecule has 5 nitrogen and oxygen atoms in total. The minimum atomic E-state index is -1.02. The van der Waals surface area contributed by atoms with E-state index in [2.05, 4.69) is 5.32 Å². The lowest BCUT2D eigenvalue weighted by molar-refractivity contribution is -0.143. The molecule has 1 rings (SSSR count). The summed E-state index contributed by atoms with van der Waals surface area (Å²) in [6, 6.07) is 4.16. The predicted octanol–water partition coefficient (Wildman–Crippen LogP) is 2.51. The second kappa shape index (κ2) is 7.88. The SMILES string of the molecule is CC[C@H](C)[C@H](NC(=O)Cc1ccc(OC)c(Cl)c1)C(=O)O. The van der Waals surface area contributed by atoms with E-state index < -0.39 is 12.0 Å². The van der Waals surface area contributed by atoms with E-state index in [0.717, 1.165) is 0 Å². The molecule has 2 atom stereocenters. The number of hydrogen-bond donors (Lipinski definition) is 2. The van der Waals surface area contributed by atoms with Gasteiger partial charge in [0.15, 0.2) is 0 Å². The van der Waals surface area contributed by atoms with Crippen molar-refractivity contribution in [1.29, 1.82) is 0 Å². The van der Waals surface area contributed by atoms with Crippen LogP contribution in [0.1, 0.15) is 25.8 Å². The van der Waals surface area contributed by atoms with Crippen molar-refractivity contribution < 1.29 is 19.4 Å². The van der Waals surface area contributed by atoms with E-state index in [4.69, 9.17) is 21.4 Å². The first-order chi connectivity index (χ1) is 9.88. The Morgan fingerprint density at radius 3 is 2.57 bits per heavy atom. The van der Waals surface area contributed by atoms with E-state index >= 15 is 0 Å². The molecular weight excluding hydrogens is 294 g/mol. The van der Waals surface area contributed by atoms with Gasteiger partial charge in [0.05, 0.1) is 18.6 Å². The number of carboxylic acid groups (broad SMARTS) is 1. The van der Waals surface area contributed by atoms with Gasteiger partial charge in [-0.25, -0.2) is 4.79 Å². The number of methoxy groups -OCH3 is 1. The van der Waals surface area contributed by atoms with Crippen LogP contribution in [0.4, 0.5) is 0 Å². The first kappa shape index (κ1) is 17.3. The standard InChI is InChI=1S/C15H20ClNO4/c1-4-9(2)14(15(19)20)17-13(18)8-10-5-6-12(21-3)11(16)7-10/h5-7,9,14H,4,8H2,1-3H3,(H,17,18)(H,19,20)/t9-,14-/m0/s1. The maximum atomic E-state index is 12.0. The van der Waals surface area contributed by atoms with Crippen molar-refractivity contribution in [2.24, 2.45) is 5.92 Å². The van der Waals surface area contributed by atoms with Crippen LogP contribution in [0, 0.1) is 5.92 Å². The van der Waals surface area contributed by atoms with Crippen molar-refractivity contribution >= 4 is 23.5 Å². The van der Waals surface area contributed by atoms with E-state index in [1.165, 1.54) is 7.11 Å². The molecular formula is C15H20ClNO4. The Hall–Kier alpha value is -1.75. The van der Waals surface area contributed by atoms with E-state index in [1.807, 2.05) is 6.92 Å². The highest BCUT2D eigenvalue weighted by atomic mass is 35.5. The van der Waals surface area contributed by atoms with Crippen molar-refractivity contribution in [2.75, 3.05) is 7.11 Å². The van der Waals surface area contributed by atoms with Gasteiger partial charge < -0.3 is 15.2 Å². The highest BCUT2D eigenvalue weighted by molar-refractivity contribution is 6.32. The van der Waals surface area contributed by atoms with Crippen LogP contribution < -0.4 is 10.1 Å². The van der Waals surface area contributed by atoms with Gasteiger partial charge in [-0.2, -0.15) is 0 Å². The van der Waals surface area contributed by atoms with Crippen LogP contribution in [-0.4, -0.2) is 30.1 Å². The third kappa shape index (κ3) is 4.93. The summed E-state index contributed by atoms with van der Waals surface area (Å²) in [5.41, 5.74) is 0.701. The number of carbonyl (C=O) groups is 2. The molecule has 1 aromatic carbocycles. The molecule has 1 aromatic rings. The number of benzene rings is 1. The fraction of sp³-hybridized carbons (Fsp3) is 0.467. The molecule has 0 aliphatic carbocycles. The molecule has 21 heavy (non-hydrogen) atoms. The molecule has 0 unspecified atom stereocenters. The summed E-state index contributed by atoms with van der Waals surface area (Å²) in [4.78, 5) is 23.1. The lowest BCUT2D eigenvalue weighted by atomic mass is 9.99. The zero-order valence-electron chi connectivity index (χ0n) is 12.4. The van der Waals surface area contributed by atoms with Crippen LogP contribution in [-0.2, 0) is 16.0 Å². The minimum absolute atomic E-state index is 0.0733. The van der Waals surface area contributed by atoms with Gasteiger partial charge in [-0.3, -0.25) is 4.79 Å². The number of hydrogen-bond acceptors (Lipinski definition) is 3. The van der Waals surface area contributed by atoms with Crippen molar-refractivity contribution in [3.63, 3.8) is 0 Å². The summed E-state index contributed by atoms with van der Waals surface area (Å²) >= 11 is 5.99. The molecule has 1 amide bonds. The molecule has 0 aromatic heterocycles. The lowest BCUT2D eigenvalue weighted by Gasteiger charge is -2.20. The summed E-state index contributed by atoms with van der Waals surface area (Å²) in [6.07, 6.45) is 0.746. The highest BCUT2D eigenvalue weighted by Crippen LogP contribution is 2.25. The predicted molar refractivity (Wildman–Crippen MR) is 80.7 cm³/mol. The van der Waals surface area contributed by atoms with E-state index in [1.54, 1.807) is 25.1 Å². The Balaban J connectivity index is 2.72. The van der Waals surface area contributed by atoms with Crippen LogP contribution >= 0.6 is 11.6 Å². The number of amides is 1. The molecule has 0 heterocycles. The highest BCUT2D eigenvalue weighted by Gasteiger charge is 2.25. The fourth-order valence-electron chi connectivity index (χ4n) is 1.91. The summed E-state index contributed by atoms with van der Waals surface area (Å²) in [5, 5.41) is 12.1. The topological polar surface area (TPSA) is 75.6 Å². The Bertz CT molecular complexity index is 518. The molecule has 6 heteroatoms. The van der Waals surface area contributed by atoms with Crippen LogP contribution in [0.3, 0.4) is 0 Å². The molecule has 0 fully saturated rings. The van der Waals surface area contributed by atoms with E-state index in [-0.39, 0.29) is 18.2 Å². The lowest BCUT2D eigenvalue weighted by Crippen LogP contribution is -2.45. The van der Waals surface area contributed by atoms with Crippen LogP contribution in [0.5, 0.6) is 5.75 Å². The quantitative estimate of drug-likeness (QED) is 0.811. The molecule has 0 aliphatic rings. The Morgan fingerprint density at radius 2 is 2.10 bits per heavy atom. The molecule has 0 spiro atoms. The van der Waals surface area contributed by atoms with Gasteiger partial charge in [0.1, 0.15) is 11.8 Å². The zero-order chi connectivity index (χ0) is 16.0. The number of carboxylic acids is 1. The van der Waals surface area contributed by atoms with Crippen LogP contribution in [0.15, 0.2) is 18.2 Å². The van der Waals surface area contributed by atoms with E-state index in [0.29, 0.717) is 22.8 Å². The molecule has 0 bridgehead atoms. The molecule has 2 N–H and O–H groups in total. The van der Waals surface area contributed by atoms with Gasteiger partial charge in [0.25, 0.3) is 0 Å². The average molecular weight is 314 g/mol. The van der Waals surface area contributed by atoms with Crippen LogP contribution in [0.25, 0.3) is 0 Å². The van der Waals surface area contributed by atoms with E-state index in [9.17, 15) is 9.59 Å². The minimum Gasteiger partial charge on any atom is -0.495 e. The Morgan fingerprint density at radius 1 is 1.43 bits per heavy atom. The summed E-state index contributed by atoms with van der Waals surface area (Å²) < 4.78 is 5.04. The summed E-state index contributed by atoms with van der Waals surface area (Å²) in [5.74, 6) is -0.968. The van der Waals surface area contributed by atoms with Crippen molar-refractivity contribution in [3.05, 3.63) is 28.8 Å².